The van der Waals surface area contributed by atoms with Crippen molar-refractivity contribution in [2.75, 3.05) is 19.6 Å². The minimum Gasteiger partial charge on any atom is -0.302 e. The number of aromatic nitrogens is 2. The van der Waals surface area contributed by atoms with E-state index in [1.165, 1.54) is 25.8 Å². The van der Waals surface area contributed by atoms with Crippen molar-refractivity contribution in [1.29, 1.82) is 0 Å². The molecule has 2 fully saturated rings. The Hall–Kier alpha value is -1.16. The number of nitrogens with zero attached hydrogens (tertiary/aromatic N) is 3. The zero-order chi connectivity index (χ0) is 15.0. The molecule has 3 rings (SSSR count). The van der Waals surface area contributed by atoms with E-state index < -0.39 is 0 Å². The molecule has 116 valence electrons. The molecule has 1 saturated heterocycles. The van der Waals surface area contributed by atoms with E-state index in [-0.39, 0.29) is 11.0 Å². The Morgan fingerprint density at radius 1 is 1.14 bits per heavy atom. The van der Waals surface area contributed by atoms with Crippen molar-refractivity contribution < 1.29 is 0 Å². The molecule has 1 saturated carbocycles. The maximum absolute atomic E-state index is 12.0. The Bertz CT molecular complexity index is 548. The summed E-state index contributed by atoms with van der Waals surface area (Å²) in [6, 6.07) is 3.53. The van der Waals surface area contributed by atoms with Crippen LogP contribution in [-0.4, -0.2) is 34.3 Å². The van der Waals surface area contributed by atoms with Gasteiger partial charge >= 0.3 is 0 Å². The van der Waals surface area contributed by atoms with Gasteiger partial charge in [0.15, 0.2) is 0 Å². The summed E-state index contributed by atoms with van der Waals surface area (Å²) in [5.74, 6) is 1.53. The van der Waals surface area contributed by atoms with E-state index >= 15 is 0 Å². The van der Waals surface area contributed by atoms with E-state index in [9.17, 15) is 4.79 Å². The maximum atomic E-state index is 12.0. The first-order chi connectivity index (χ1) is 9.91. The van der Waals surface area contributed by atoms with E-state index in [0.717, 1.165) is 31.2 Å². The quantitative estimate of drug-likeness (QED) is 0.853. The summed E-state index contributed by atoms with van der Waals surface area (Å²) in [5, 5.41) is 4.56. The predicted octanol–water partition coefficient (Wildman–Crippen LogP) is 2.27. The van der Waals surface area contributed by atoms with Crippen LogP contribution in [0.15, 0.2) is 16.9 Å². The molecule has 0 N–H and O–H groups in total. The molecule has 0 radical (unpaired) electrons. The van der Waals surface area contributed by atoms with Crippen LogP contribution in [0.5, 0.6) is 0 Å². The van der Waals surface area contributed by atoms with Gasteiger partial charge in [0.1, 0.15) is 0 Å². The van der Waals surface area contributed by atoms with Crippen LogP contribution in [0.2, 0.25) is 0 Å². The Morgan fingerprint density at radius 3 is 2.43 bits per heavy atom. The van der Waals surface area contributed by atoms with Crippen LogP contribution >= 0.6 is 0 Å². The molecular weight excluding hydrogens is 262 g/mol. The van der Waals surface area contributed by atoms with Crippen molar-refractivity contribution in [3.63, 3.8) is 0 Å². The third-order valence-electron chi connectivity index (χ3n) is 4.84. The molecule has 1 aliphatic heterocycles. The molecule has 0 amide bonds. The van der Waals surface area contributed by atoms with Crippen molar-refractivity contribution in [2.24, 2.45) is 11.8 Å². The molecule has 21 heavy (non-hydrogen) atoms. The average Bonchev–Trinajstić information content (AvgIpc) is 2.30. The van der Waals surface area contributed by atoms with Gasteiger partial charge in [-0.25, -0.2) is 4.68 Å². The first kappa shape index (κ1) is 14.8. The zero-order valence-corrected chi connectivity index (χ0v) is 13.5. The molecule has 0 unspecified atom stereocenters. The molecule has 4 heteroatoms. The standard InChI is InChI=1S/C17H27N3O/c1-17(2,3)15-7-8-16(21)20(18-15)12-14-10-19(11-14)9-13-5-4-6-13/h7-8,13-14H,4-6,9-12H2,1-3H3. The van der Waals surface area contributed by atoms with Crippen LogP contribution < -0.4 is 5.56 Å². The lowest BCUT2D eigenvalue weighted by atomic mass is 9.84. The summed E-state index contributed by atoms with van der Waals surface area (Å²) in [4.78, 5) is 14.5. The van der Waals surface area contributed by atoms with Crippen molar-refractivity contribution >= 4 is 0 Å². The van der Waals surface area contributed by atoms with Crippen LogP contribution in [0.3, 0.4) is 0 Å². The second-order valence-corrected chi connectivity index (χ2v) is 7.87. The SMILES string of the molecule is CC(C)(C)c1ccc(=O)n(CC2CN(CC3CCC3)C2)n1. The molecule has 1 aromatic rings. The van der Waals surface area contributed by atoms with Crippen LogP contribution in [0.4, 0.5) is 0 Å². The predicted molar refractivity (Wildman–Crippen MR) is 84.5 cm³/mol. The summed E-state index contributed by atoms with van der Waals surface area (Å²) in [5.41, 5.74) is 1.01. The molecular formula is C17H27N3O. The Labute approximate surface area is 127 Å². The maximum Gasteiger partial charge on any atom is 0.266 e. The Balaban J connectivity index is 1.57. The average molecular weight is 289 g/mol. The fourth-order valence-electron chi connectivity index (χ4n) is 3.21. The lowest BCUT2D eigenvalue weighted by Crippen LogP contribution is -2.51. The molecule has 0 atom stereocenters. The van der Waals surface area contributed by atoms with Crippen molar-refractivity contribution in [3.8, 4) is 0 Å². The molecule has 4 nitrogen and oxygen atoms in total. The van der Waals surface area contributed by atoms with Gasteiger partial charge in [-0.05, 0) is 24.8 Å². The Kier molecular flexibility index (Phi) is 3.91. The number of hydrogen-bond donors (Lipinski definition) is 0. The molecule has 0 bridgehead atoms. The number of likely N-dealkylation sites (tertiary alicyclic amines) is 1. The van der Waals surface area contributed by atoms with Gasteiger partial charge in [-0.1, -0.05) is 27.2 Å². The minimum absolute atomic E-state index is 0.00861. The molecule has 1 aromatic heterocycles. The third-order valence-corrected chi connectivity index (χ3v) is 4.84. The van der Waals surface area contributed by atoms with Crippen LogP contribution in [0.1, 0.15) is 45.7 Å². The zero-order valence-electron chi connectivity index (χ0n) is 13.5. The van der Waals surface area contributed by atoms with Crippen molar-refractivity contribution in [3.05, 3.63) is 28.2 Å². The van der Waals surface area contributed by atoms with Gasteiger partial charge in [-0.2, -0.15) is 5.10 Å². The summed E-state index contributed by atoms with van der Waals surface area (Å²) in [6.45, 7) is 10.7. The van der Waals surface area contributed by atoms with Gasteiger partial charge in [0.05, 0.1) is 12.2 Å². The highest BCUT2D eigenvalue weighted by Gasteiger charge is 2.31. The number of hydrogen-bond acceptors (Lipinski definition) is 3. The lowest BCUT2D eigenvalue weighted by molar-refractivity contribution is 0.0518. The largest absolute Gasteiger partial charge is 0.302 e. The second kappa shape index (κ2) is 5.56. The molecule has 2 aliphatic rings. The first-order valence-electron chi connectivity index (χ1n) is 8.23. The van der Waals surface area contributed by atoms with Crippen LogP contribution in [0.25, 0.3) is 0 Å². The molecule has 0 spiro atoms. The number of rotatable bonds is 4. The Morgan fingerprint density at radius 2 is 1.86 bits per heavy atom. The van der Waals surface area contributed by atoms with Gasteiger partial charge in [-0.15, -0.1) is 0 Å². The van der Waals surface area contributed by atoms with E-state index in [1.54, 1.807) is 10.7 Å². The summed E-state index contributed by atoms with van der Waals surface area (Å²) >= 11 is 0. The molecule has 1 aliphatic carbocycles. The third kappa shape index (κ3) is 3.37. The lowest BCUT2D eigenvalue weighted by Gasteiger charge is -2.43. The van der Waals surface area contributed by atoms with Crippen molar-refractivity contribution in [1.82, 2.24) is 14.7 Å². The van der Waals surface area contributed by atoms with E-state index in [1.807, 2.05) is 6.07 Å². The van der Waals surface area contributed by atoms with Gasteiger partial charge in [0.2, 0.25) is 0 Å². The smallest absolute Gasteiger partial charge is 0.266 e. The highest BCUT2D eigenvalue weighted by Crippen LogP contribution is 2.29. The molecule has 2 heterocycles. The highest BCUT2D eigenvalue weighted by molar-refractivity contribution is 5.10. The van der Waals surface area contributed by atoms with Gasteiger partial charge < -0.3 is 4.90 Å². The highest BCUT2D eigenvalue weighted by atomic mass is 16.1. The fraction of sp³-hybridized carbons (Fsp3) is 0.765. The minimum atomic E-state index is -0.00861. The van der Waals surface area contributed by atoms with E-state index in [4.69, 9.17) is 0 Å². The van der Waals surface area contributed by atoms with Crippen LogP contribution in [-0.2, 0) is 12.0 Å². The second-order valence-electron chi connectivity index (χ2n) is 7.87. The fourth-order valence-corrected chi connectivity index (χ4v) is 3.21. The normalized spacial score (nSPS) is 21.1. The van der Waals surface area contributed by atoms with E-state index in [0.29, 0.717) is 5.92 Å². The topological polar surface area (TPSA) is 38.1 Å². The monoisotopic (exact) mass is 289 g/mol. The van der Waals surface area contributed by atoms with Gasteiger partial charge in [-0.3, -0.25) is 4.79 Å². The summed E-state index contributed by atoms with van der Waals surface area (Å²) in [7, 11) is 0. The first-order valence-corrected chi connectivity index (χ1v) is 8.23. The summed E-state index contributed by atoms with van der Waals surface area (Å²) < 4.78 is 1.67. The summed E-state index contributed by atoms with van der Waals surface area (Å²) in [6.07, 6.45) is 4.24. The molecule has 0 aromatic carbocycles. The van der Waals surface area contributed by atoms with Gasteiger partial charge in [0.25, 0.3) is 5.56 Å². The van der Waals surface area contributed by atoms with Crippen molar-refractivity contribution in [2.45, 2.75) is 52.0 Å². The van der Waals surface area contributed by atoms with Crippen LogP contribution in [0, 0.1) is 11.8 Å². The van der Waals surface area contributed by atoms with E-state index in [2.05, 4.69) is 30.8 Å². The van der Waals surface area contributed by atoms with Gasteiger partial charge in [0, 0.05) is 37.0 Å².